The Kier molecular flexibility index (Phi) is 7.75. The van der Waals surface area contributed by atoms with E-state index in [0.29, 0.717) is 50.9 Å². The predicted molar refractivity (Wildman–Crippen MR) is 158 cm³/mol. The molecule has 1 aromatic carbocycles. The molecule has 2 saturated heterocycles. The third-order valence-corrected chi connectivity index (χ3v) is 9.29. The Bertz CT molecular complexity index is 1400. The molecule has 0 bridgehead atoms. The lowest BCUT2D eigenvalue weighted by molar-refractivity contribution is -0.128. The smallest absolute Gasteiger partial charge is 0.246 e. The Balaban J connectivity index is 1.33. The minimum Gasteiger partial charge on any atom is -0.365 e. The summed E-state index contributed by atoms with van der Waals surface area (Å²) in [6, 6.07) is 7.05. The van der Waals surface area contributed by atoms with E-state index in [1.807, 2.05) is 4.90 Å². The number of alkyl halides is 1. The van der Waals surface area contributed by atoms with E-state index in [1.165, 1.54) is 18.2 Å². The Labute approximate surface area is 246 Å². The van der Waals surface area contributed by atoms with Crippen LogP contribution < -0.4 is 14.7 Å². The predicted octanol–water partition coefficient (Wildman–Crippen LogP) is 2.74. The highest BCUT2D eigenvalue weighted by atomic mass is 19.1. The molecule has 9 nitrogen and oxygen atoms in total. The van der Waals surface area contributed by atoms with Gasteiger partial charge in [-0.25, -0.2) is 13.8 Å². The molecule has 0 saturated carbocycles. The lowest BCUT2D eigenvalue weighted by atomic mass is 9.88. The topological polar surface area (TPSA) is 82.8 Å². The molecule has 4 aliphatic rings. The number of aromatic nitrogens is 2. The standard InChI is InChI=1S/C31H38F2N8O/c1-4-29(42)40-12-11-38(17-24(40)9-10-34)30-26-8-7-23(41-16-22(33)13-20-5-6-21(32)14-28(20)41)15-27(26)35-31(36-30)39-18-25(19-39)37(2)3/h4-6,14,22-25H,1,7-9,11-13,15-19H2,2-3H3. The summed E-state index contributed by atoms with van der Waals surface area (Å²) < 4.78 is 29.2. The first-order valence-corrected chi connectivity index (χ1v) is 14.8. The number of anilines is 3. The van der Waals surface area contributed by atoms with Gasteiger partial charge >= 0.3 is 0 Å². The van der Waals surface area contributed by atoms with Gasteiger partial charge in [-0.1, -0.05) is 12.6 Å². The maximum atomic E-state index is 14.9. The largest absolute Gasteiger partial charge is 0.365 e. The molecule has 2 aromatic rings. The number of nitriles is 1. The van der Waals surface area contributed by atoms with E-state index in [-0.39, 0.29) is 36.8 Å². The average Bonchev–Trinajstić information content (AvgIpc) is 2.95. The molecule has 2 fully saturated rings. The van der Waals surface area contributed by atoms with Gasteiger partial charge in [0.05, 0.1) is 24.2 Å². The minimum absolute atomic E-state index is 0.00786. The lowest BCUT2D eigenvalue weighted by Crippen LogP contribution is -2.58. The van der Waals surface area contributed by atoms with Crippen LogP contribution in [0.4, 0.5) is 26.2 Å². The third kappa shape index (κ3) is 5.28. The van der Waals surface area contributed by atoms with E-state index in [0.717, 1.165) is 47.8 Å². The first-order valence-electron chi connectivity index (χ1n) is 14.8. The molecule has 42 heavy (non-hydrogen) atoms. The molecule has 11 heteroatoms. The number of amides is 1. The molecule has 0 radical (unpaired) electrons. The number of hydrogen-bond donors (Lipinski definition) is 0. The summed E-state index contributed by atoms with van der Waals surface area (Å²) in [6.07, 6.45) is 2.93. The molecule has 222 valence electrons. The van der Waals surface area contributed by atoms with E-state index < -0.39 is 6.17 Å². The van der Waals surface area contributed by atoms with Crippen molar-refractivity contribution in [2.24, 2.45) is 0 Å². The summed E-state index contributed by atoms with van der Waals surface area (Å²) in [5.41, 5.74) is 3.65. The van der Waals surface area contributed by atoms with Crippen molar-refractivity contribution < 1.29 is 13.6 Å². The van der Waals surface area contributed by atoms with E-state index in [1.54, 1.807) is 11.0 Å². The number of carbonyl (C=O) groups excluding carboxylic acids is 1. The van der Waals surface area contributed by atoms with Gasteiger partial charge < -0.3 is 24.5 Å². The van der Waals surface area contributed by atoms with Gasteiger partial charge in [-0.15, -0.1) is 0 Å². The normalized spacial score (nSPS) is 24.1. The SMILES string of the molecule is C=CC(=O)N1CCN(c2nc(N3CC(N(C)C)C3)nc3c2CCC(N2CC(F)Cc4ccc(F)cc42)C3)CC1CC#N. The Morgan fingerprint density at radius 2 is 1.98 bits per heavy atom. The Morgan fingerprint density at radius 3 is 2.71 bits per heavy atom. The molecule has 4 heterocycles. The van der Waals surface area contributed by atoms with Gasteiger partial charge in [-0.05, 0) is 50.7 Å². The third-order valence-electron chi connectivity index (χ3n) is 9.29. The van der Waals surface area contributed by atoms with Gasteiger partial charge in [0.2, 0.25) is 11.9 Å². The lowest BCUT2D eigenvalue weighted by Gasteiger charge is -2.45. The number of rotatable bonds is 6. The molecule has 3 atom stereocenters. The molecule has 3 aliphatic heterocycles. The summed E-state index contributed by atoms with van der Waals surface area (Å²) in [7, 11) is 4.14. The zero-order valence-electron chi connectivity index (χ0n) is 24.3. The van der Waals surface area contributed by atoms with Crippen LogP contribution in [0, 0.1) is 17.1 Å². The van der Waals surface area contributed by atoms with Crippen LogP contribution in [0.1, 0.15) is 29.7 Å². The van der Waals surface area contributed by atoms with Crippen LogP contribution in [-0.4, -0.2) is 103 Å². The van der Waals surface area contributed by atoms with Crippen LogP contribution >= 0.6 is 0 Å². The van der Waals surface area contributed by atoms with E-state index in [4.69, 9.17) is 9.97 Å². The zero-order chi connectivity index (χ0) is 29.5. The first kappa shape index (κ1) is 28.3. The van der Waals surface area contributed by atoms with Gasteiger partial charge in [-0.3, -0.25) is 4.79 Å². The van der Waals surface area contributed by atoms with Crippen LogP contribution in [-0.2, 0) is 24.1 Å². The summed E-state index contributed by atoms with van der Waals surface area (Å²) in [6.45, 7) is 7.11. The second-order valence-corrected chi connectivity index (χ2v) is 12.1. The number of carbonyl (C=O) groups is 1. The number of likely N-dealkylation sites (N-methyl/N-ethyl adjacent to an activating group) is 1. The van der Waals surface area contributed by atoms with Crippen molar-refractivity contribution in [2.45, 2.75) is 56.4 Å². The van der Waals surface area contributed by atoms with Crippen LogP contribution in [0.3, 0.4) is 0 Å². The highest BCUT2D eigenvalue weighted by Gasteiger charge is 2.38. The Morgan fingerprint density at radius 1 is 1.17 bits per heavy atom. The number of piperazine rings is 1. The fourth-order valence-corrected chi connectivity index (χ4v) is 6.85. The van der Waals surface area contributed by atoms with Crippen LogP contribution in [0.5, 0.6) is 0 Å². The molecule has 1 amide bonds. The van der Waals surface area contributed by atoms with Gasteiger partial charge in [-0.2, -0.15) is 10.2 Å². The van der Waals surface area contributed by atoms with E-state index in [2.05, 4.69) is 41.4 Å². The maximum absolute atomic E-state index is 14.9. The summed E-state index contributed by atoms with van der Waals surface area (Å²) >= 11 is 0. The van der Waals surface area contributed by atoms with Crippen molar-refractivity contribution in [1.29, 1.82) is 5.26 Å². The number of nitrogens with zero attached hydrogens (tertiary/aromatic N) is 8. The minimum atomic E-state index is -1.00. The summed E-state index contributed by atoms with van der Waals surface area (Å²) in [5.74, 6) is 1.07. The van der Waals surface area contributed by atoms with Crippen molar-refractivity contribution in [3.63, 3.8) is 0 Å². The molecular weight excluding hydrogens is 538 g/mol. The molecular formula is C31H38F2N8O. The zero-order valence-corrected chi connectivity index (χ0v) is 24.3. The van der Waals surface area contributed by atoms with Crippen molar-refractivity contribution in [3.05, 3.63) is 53.5 Å². The van der Waals surface area contributed by atoms with Crippen molar-refractivity contribution >= 4 is 23.4 Å². The quantitative estimate of drug-likeness (QED) is 0.486. The van der Waals surface area contributed by atoms with Crippen molar-refractivity contribution in [2.75, 3.05) is 68.1 Å². The summed E-state index contributed by atoms with van der Waals surface area (Å²) in [4.78, 5) is 33.1. The van der Waals surface area contributed by atoms with E-state index in [9.17, 15) is 18.8 Å². The van der Waals surface area contributed by atoms with Crippen LogP contribution in [0.25, 0.3) is 0 Å². The van der Waals surface area contributed by atoms with Gasteiger partial charge in [0.15, 0.2) is 0 Å². The number of hydrogen-bond acceptors (Lipinski definition) is 8. The first-order chi connectivity index (χ1) is 20.2. The monoisotopic (exact) mass is 576 g/mol. The second-order valence-electron chi connectivity index (χ2n) is 12.1. The van der Waals surface area contributed by atoms with Crippen molar-refractivity contribution in [1.82, 2.24) is 19.8 Å². The molecule has 0 spiro atoms. The highest BCUT2D eigenvalue weighted by molar-refractivity contribution is 5.87. The van der Waals surface area contributed by atoms with Crippen molar-refractivity contribution in [3.8, 4) is 6.07 Å². The molecule has 1 aromatic heterocycles. The number of fused-ring (bicyclic) bond motifs is 2. The second kappa shape index (κ2) is 11.5. The van der Waals surface area contributed by atoms with Gasteiger partial charge in [0.1, 0.15) is 17.8 Å². The number of halogens is 2. The van der Waals surface area contributed by atoms with E-state index >= 15 is 0 Å². The maximum Gasteiger partial charge on any atom is 0.246 e. The fraction of sp³-hybridized carbons (Fsp3) is 0.548. The summed E-state index contributed by atoms with van der Waals surface area (Å²) in [5, 5.41) is 9.50. The van der Waals surface area contributed by atoms with Crippen LogP contribution in [0.2, 0.25) is 0 Å². The average molecular weight is 577 g/mol. The molecule has 3 unspecified atom stereocenters. The molecule has 0 N–H and O–H groups in total. The van der Waals surface area contributed by atoms with Crippen LogP contribution in [0.15, 0.2) is 30.9 Å². The Hall–Kier alpha value is -3.78. The molecule has 1 aliphatic carbocycles. The van der Waals surface area contributed by atoms with Gasteiger partial charge in [0.25, 0.3) is 0 Å². The molecule has 6 rings (SSSR count). The van der Waals surface area contributed by atoms with Gasteiger partial charge in [0, 0.05) is 75.4 Å². The fourth-order valence-electron chi connectivity index (χ4n) is 6.85. The highest BCUT2D eigenvalue weighted by Crippen LogP contribution is 2.38. The number of benzene rings is 1.